The maximum atomic E-state index is 11.9. The van der Waals surface area contributed by atoms with Crippen LogP contribution in [0.1, 0.15) is 57.4 Å². The molecule has 1 spiro atoms. The zero-order chi connectivity index (χ0) is 21.3. The van der Waals surface area contributed by atoms with Crippen molar-refractivity contribution in [1.29, 1.82) is 0 Å². The minimum absolute atomic E-state index is 0.135. The molecule has 2 aliphatic heterocycles. The first-order valence-electron chi connectivity index (χ1n) is 12.2. The highest BCUT2D eigenvalue weighted by Crippen LogP contribution is 2.47. The topological polar surface area (TPSA) is 48.9 Å². The van der Waals surface area contributed by atoms with Gasteiger partial charge < -0.3 is 14.5 Å². The summed E-state index contributed by atoms with van der Waals surface area (Å²) in [4.78, 5) is 23.8. The lowest BCUT2D eigenvalue weighted by Gasteiger charge is -2.48. The molecule has 168 valence electrons. The van der Waals surface area contributed by atoms with E-state index in [0.29, 0.717) is 18.1 Å². The van der Waals surface area contributed by atoms with Crippen LogP contribution in [0.25, 0.3) is 5.57 Å². The summed E-state index contributed by atoms with van der Waals surface area (Å²) >= 11 is 0. The summed E-state index contributed by atoms with van der Waals surface area (Å²) in [6, 6.07) is 5.01. The maximum absolute atomic E-state index is 11.9. The molecule has 1 saturated carbocycles. The smallest absolute Gasteiger partial charge is 0.409 e. The summed E-state index contributed by atoms with van der Waals surface area (Å²) in [5, 5.41) is 0. The Labute approximate surface area is 186 Å². The van der Waals surface area contributed by atoms with Gasteiger partial charge in [0, 0.05) is 62.5 Å². The number of carbonyl (C=O) groups excluding carboxylic acids is 1. The van der Waals surface area contributed by atoms with E-state index in [-0.39, 0.29) is 6.09 Å². The highest BCUT2D eigenvalue weighted by atomic mass is 16.6. The number of aromatic nitrogens is 1. The summed E-state index contributed by atoms with van der Waals surface area (Å²) in [5.41, 5.74) is 3.19. The van der Waals surface area contributed by atoms with Crippen LogP contribution in [0.15, 0.2) is 24.4 Å². The van der Waals surface area contributed by atoms with Crippen LogP contribution in [0.4, 0.5) is 10.6 Å². The fraction of sp³-hybridized carbons (Fsp3) is 0.680. The maximum Gasteiger partial charge on any atom is 0.409 e. The molecule has 3 fully saturated rings. The van der Waals surface area contributed by atoms with Gasteiger partial charge in [0.25, 0.3) is 0 Å². The molecule has 1 aromatic rings. The molecular formula is C25H36N4O2. The van der Waals surface area contributed by atoms with E-state index in [1.807, 2.05) is 18.0 Å². The van der Waals surface area contributed by atoms with Crippen molar-refractivity contribution in [1.82, 2.24) is 14.8 Å². The molecule has 2 saturated heterocycles. The van der Waals surface area contributed by atoms with E-state index in [4.69, 9.17) is 9.72 Å². The van der Waals surface area contributed by atoms with Crippen molar-refractivity contribution >= 4 is 17.5 Å². The molecule has 3 heterocycles. The average molecular weight is 425 g/mol. The van der Waals surface area contributed by atoms with Crippen molar-refractivity contribution in [2.24, 2.45) is 5.41 Å². The lowest BCUT2D eigenvalue weighted by Crippen LogP contribution is -2.58. The molecule has 0 bridgehead atoms. The van der Waals surface area contributed by atoms with Gasteiger partial charge in [0.05, 0.1) is 6.61 Å². The quantitative estimate of drug-likeness (QED) is 0.726. The second-order valence-corrected chi connectivity index (χ2v) is 9.82. The molecule has 1 atom stereocenters. The highest BCUT2D eigenvalue weighted by molar-refractivity contribution is 5.75. The second kappa shape index (κ2) is 8.81. The van der Waals surface area contributed by atoms with E-state index in [9.17, 15) is 4.79 Å². The van der Waals surface area contributed by atoms with Crippen molar-refractivity contribution in [3.8, 4) is 0 Å². The van der Waals surface area contributed by atoms with Gasteiger partial charge in [0.15, 0.2) is 0 Å². The third kappa shape index (κ3) is 4.19. The summed E-state index contributed by atoms with van der Waals surface area (Å²) in [6.07, 6.45) is 13.0. The number of hydrogen-bond donors (Lipinski definition) is 0. The van der Waals surface area contributed by atoms with Crippen LogP contribution in [0.5, 0.6) is 0 Å². The Morgan fingerprint density at radius 2 is 2.06 bits per heavy atom. The first-order chi connectivity index (χ1) is 15.2. The molecule has 6 heteroatoms. The van der Waals surface area contributed by atoms with E-state index in [1.165, 1.54) is 61.9 Å². The number of allylic oxidation sites excluding steroid dienone is 2. The fourth-order valence-corrected chi connectivity index (χ4v) is 6.16. The van der Waals surface area contributed by atoms with Gasteiger partial charge in [0.2, 0.25) is 0 Å². The van der Waals surface area contributed by atoms with Gasteiger partial charge in [-0.2, -0.15) is 0 Å². The minimum Gasteiger partial charge on any atom is -0.450 e. The first-order valence-corrected chi connectivity index (χ1v) is 12.2. The number of hydrogen-bond acceptors (Lipinski definition) is 5. The van der Waals surface area contributed by atoms with Crippen molar-refractivity contribution < 1.29 is 9.53 Å². The summed E-state index contributed by atoms with van der Waals surface area (Å²) in [6.45, 7) is 8.42. The van der Waals surface area contributed by atoms with Crippen LogP contribution < -0.4 is 4.90 Å². The van der Waals surface area contributed by atoms with Gasteiger partial charge in [0.1, 0.15) is 5.82 Å². The number of ether oxygens (including phenoxy) is 1. The lowest BCUT2D eigenvalue weighted by molar-refractivity contribution is -0.00294. The Bertz CT molecular complexity index is 825. The summed E-state index contributed by atoms with van der Waals surface area (Å²) < 4.78 is 5.16. The normalized spacial score (nSPS) is 26.0. The molecule has 4 aliphatic rings. The zero-order valence-corrected chi connectivity index (χ0v) is 18.9. The molecule has 0 N–H and O–H groups in total. The van der Waals surface area contributed by atoms with E-state index in [1.54, 1.807) is 0 Å². The van der Waals surface area contributed by atoms with Crippen molar-refractivity contribution in [2.45, 2.75) is 57.9 Å². The number of likely N-dealkylation sites (tertiary alicyclic amines) is 1. The van der Waals surface area contributed by atoms with Crippen LogP contribution in [0.3, 0.4) is 0 Å². The predicted octanol–water partition coefficient (Wildman–Crippen LogP) is 4.17. The molecule has 1 aromatic heterocycles. The van der Waals surface area contributed by atoms with Gasteiger partial charge in [-0.1, -0.05) is 6.08 Å². The molecule has 5 rings (SSSR count). The Morgan fingerprint density at radius 3 is 2.81 bits per heavy atom. The lowest BCUT2D eigenvalue weighted by atomic mass is 9.78. The summed E-state index contributed by atoms with van der Waals surface area (Å²) in [7, 11) is 0. The van der Waals surface area contributed by atoms with Gasteiger partial charge in [-0.25, -0.2) is 9.78 Å². The number of nitrogens with zero attached hydrogens (tertiary/aromatic N) is 4. The standard InChI is InChI=1S/C25H36N4O2/c1-2-31-24(30)29-18-25(19-29)11-10-21(17-25)27-13-15-28(16-14-27)23-22(9-6-12-26-23)20-7-4-3-5-8-20/h6-7,9,12,21H,2-5,8,10-11,13-19H2,1H3/t21-/m1/s1. The fourth-order valence-electron chi connectivity index (χ4n) is 6.16. The van der Waals surface area contributed by atoms with Crippen molar-refractivity contribution in [3.63, 3.8) is 0 Å². The number of amides is 1. The van der Waals surface area contributed by atoms with Gasteiger partial charge in [-0.05, 0) is 69.6 Å². The van der Waals surface area contributed by atoms with Crippen LogP contribution >= 0.6 is 0 Å². The van der Waals surface area contributed by atoms with Crippen molar-refractivity contribution in [2.75, 3.05) is 50.8 Å². The Kier molecular flexibility index (Phi) is 5.91. The molecule has 2 aliphatic carbocycles. The van der Waals surface area contributed by atoms with Gasteiger partial charge in [-0.15, -0.1) is 0 Å². The van der Waals surface area contributed by atoms with E-state index >= 15 is 0 Å². The number of carbonyl (C=O) groups is 1. The molecule has 0 aromatic carbocycles. The number of rotatable bonds is 4. The second-order valence-electron chi connectivity index (χ2n) is 9.82. The molecule has 0 unspecified atom stereocenters. The minimum atomic E-state index is -0.135. The average Bonchev–Trinajstić information content (AvgIpc) is 3.25. The largest absolute Gasteiger partial charge is 0.450 e. The number of pyridine rings is 1. The Hall–Kier alpha value is -2.08. The Morgan fingerprint density at radius 1 is 1.23 bits per heavy atom. The molecule has 1 amide bonds. The molecule has 0 radical (unpaired) electrons. The predicted molar refractivity (Wildman–Crippen MR) is 123 cm³/mol. The number of anilines is 1. The van der Waals surface area contributed by atoms with Crippen LogP contribution in [0.2, 0.25) is 0 Å². The monoisotopic (exact) mass is 424 g/mol. The molecule has 31 heavy (non-hydrogen) atoms. The SMILES string of the molecule is CCOC(=O)N1CC2(CC[C@@H](N3CCN(c4ncccc4C4=CCCCC4)CC3)C2)C1. The van der Waals surface area contributed by atoms with E-state index < -0.39 is 0 Å². The highest BCUT2D eigenvalue weighted by Gasteiger charge is 2.51. The number of piperazine rings is 1. The van der Waals surface area contributed by atoms with Gasteiger partial charge in [-0.3, -0.25) is 4.90 Å². The molecular weight excluding hydrogens is 388 g/mol. The molecule has 6 nitrogen and oxygen atoms in total. The van der Waals surface area contributed by atoms with Crippen molar-refractivity contribution in [3.05, 3.63) is 30.0 Å². The third-order valence-electron chi connectivity index (χ3n) is 7.81. The van der Waals surface area contributed by atoms with E-state index in [0.717, 1.165) is 39.3 Å². The first kappa shape index (κ1) is 20.8. The summed E-state index contributed by atoms with van der Waals surface area (Å²) in [5.74, 6) is 1.18. The Balaban J connectivity index is 1.16. The third-order valence-corrected chi connectivity index (χ3v) is 7.81. The van der Waals surface area contributed by atoms with Crippen LogP contribution in [-0.2, 0) is 4.74 Å². The zero-order valence-electron chi connectivity index (χ0n) is 18.9. The van der Waals surface area contributed by atoms with Gasteiger partial charge >= 0.3 is 6.09 Å². The van der Waals surface area contributed by atoms with Crippen LogP contribution in [-0.4, -0.2) is 72.8 Å². The van der Waals surface area contributed by atoms with Crippen LogP contribution in [0, 0.1) is 5.41 Å². The van der Waals surface area contributed by atoms with E-state index in [2.05, 4.69) is 28.0 Å².